The molecule has 2 aromatic carbocycles. The molecule has 0 spiro atoms. The van der Waals surface area contributed by atoms with E-state index in [1.54, 1.807) is 23.1 Å². The van der Waals surface area contributed by atoms with Gasteiger partial charge < -0.3 is 25.4 Å². The summed E-state index contributed by atoms with van der Waals surface area (Å²) in [6, 6.07) is 10.4. The van der Waals surface area contributed by atoms with Gasteiger partial charge in [-0.15, -0.1) is 0 Å². The van der Waals surface area contributed by atoms with E-state index in [4.69, 9.17) is 26.8 Å². The quantitative estimate of drug-likeness (QED) is 0.675. The summed E-state index contributed by atoms with van der Waals surface area (Å²) in [5.74, 6) is 0.0240. The summed E-state index contributed by atoms with van der Waals surface area (Å²) in [5.41, 5.74) is 6.34. The monoisotopic (exact) mass is 449 g/mol. The van der Waals surface area contributed by atoms with Gasteiger partial charge in [0.1, 0.15) is 11.6 Å². The van der Waals surface area contributed by atoms with Crippen molar-refractivity contribution >= 4 is 29.2 Å². The fourth-order valence-electron chi connectivity index (χ4n) is 3.44. The molecule has 7 nitrogen and oxygen atoms in total. The highest BCUT2D eigenvalue weighted by Crippen LogP contribution is 2.28. The average molecular weight is 450 g/mol. The molecule has 0 bridgehead atoms. The molecule has 0 aliphatic carbocycles. The minimum Gasteiger partial charge on any atom is -0.491 e. The Balaban J connectivity index is 1.54. The molecule has 3 N–H and O–H groups in total. The highest BCUT2D eigenvalue weighted by Gasteiger charge is 2.23. The lowest BCUT2D eigenvalue weighted by Gasteiger charge is -2.24. The number of amides is 3. The van der Waals surface area contributed by atoms with Crippen molar-refractivity contribution in [1.82, 2.24) is 4.90 Å². The molecule has 0 aromatic heterocycles. The van der Waals surface area contributed by atoms with Crippen molar-refractivity contribution < 1.29 is 23.5 Å². The Morgan fingerprint density at radius 3 is 2.90 bits per heavy atom. The van der Waals surface area contributed by atoms with Gasteiger partial charge in [0.05, 0.1) is 24.8 Å². The van der Waals surface area contributed by atoms with Crippen LogP contribution in [-0.2, 0) is 16.0 Å². The number of halogens is 2. The Labute approximate surface area is 185 Å². The number of hydrogen-bond donors (Lipinski definition) is 2. The SMILES string of the molecule is NC(=O)Nc1cc(Cl)ccc1OCCC(=O)N1CCCOC(Cc2cccc(F)c2)C1. The number of primary amides is 1. The van der Waals surface area contributed by atoms with Gasteiger partial charge in [-0.05, 0) is 42.3 Å². The van der Waals surface area contributed by atoms with E-state index in [-0.39, 0.29) is 30.9 Å². The Kier molecular flexibility index (Phi) is 8.08. The molecule has 1 saturated heterocycles. The predicted octanol–water partition coefficient (Wildman–Crippen LogP) is 3.60. The van der Waals surface area contributed by atoms with Gasteiger partial charge in [-0.3, -0.25) is 4.79 Å². The van der Waals surface area contributed by atoms with E-state index in [1.807, 2.05) is 6.07 Å². The van der Waals surface area contributed by atoms with Crippen LogP contribution in [0.25, 0.3) is 0 Å². The summed E-state index contributed by atoms with van der Waals surface area (Å²) in [7, 11) is 0. The minimum absolute atomic E-state index is 0.0619. The van der Waals surface area contributed by atoms with E-state index in [0.717, 1.165) is 12.0 Å². The van der Waals surface area contributed by atoms with Crippen LogP contribution >= 0.6 is 11.6 Å². The molecular weight excluding hydrogens is 425 g/mol. The van der Waals surface area contributed by atoms with E-state index in [9.17, 15) is 14.0 Å². The van der Waals surface area contributed by atoms with Crippen molar-refractivity contribution in [1.29, 1.82) is 0 Å². The summed E-state index contributed by atoms with van der Waals surface area (Å²) in [6.45, 7) is 1.70. The molecule has 2 aromatic rings. The molecule has 0 saturated carbocycles. The second-order valence-electron chi connectivity index (χ2n) is 7.25. The first-order chi connectivity index (χ1) is 14.9. The zero-order chi connectivity index (χ0) is 22.2. The van der Waals surface area contributed by atoms with E-state index >= 15 is 0 Å². The number of hydrogen-bond acceptors (Lipinski definition) is 4. The van der Waals surface area contributed by atoms with Gasteiger partial charge in [0.15, 0.2) is 0 Å². The maximum atomic E-state index is 13.4. The van der Waals surface area contributed by atoms with Gasteiger partial charge in [0.2, 0.25) is 5.91 Å². The predicted molar refractivity (Wildman–Crippen MR) is 116 cm³/mol. The second-order valence-corrected chi connectivity index (χ2v) is 7.68. The van der Waals surface area contributed by atoms with Crippen LogP contribution in [0.15, 0.2) is 42.5 Å². The molecule has 1 heterocycles. The molecule has 166 valence electrons. The molecule has 3 amide bonds. The van der Waals surface area contributed by atoms with Gasteiger partial charge in [-0.1, -0.05) is 23.7 Å². The molecule has 1 unspecified atom stereocenters. The Morgan fingerprint density at radius 2 is 2.13 bits per heavy atom. The normalized spacial score (nSPS) is 16.5. The standard InChI is InChI=1S/C22H25ClFN3O4/c23-16-5-6-20(19(13-16)26-22(25)29)31-10-7-21(28)27-8-2-9-30-18(14-27)12-15-3-1-4-17(24)11-15/h1,3-6,11,13,18H,2,7-10,12,14H2,(H3,25,26,29). The van der Waals surface area contributed by atoms with Crippen LogP contribution in [0.5, 0.6) is 5.75 Å². The van der Waals surface area contributed by atoms with Crippen molar-refractivity contribution in [2.75, 3.05) is 31.6 Å². The number of ether oxygens (including phenoxy) is 2. The fraction of sp³-hybridized carbons (Fsp3) is 0.364. The number of nitrogens with one attached hydrogen (secondary N) is 1. The molecule has 9 heteroatoms. The molecule has 1 aliphatic rings. The zero-order valence-corrected chi connectivity index (χ0v) is 17.7. The molecule has 31 heavy (non-hydrogen) atoms. The van der Waals surface area contributed by atoms with Crippen molar-refractivity contribution in [2.24, 2.45) is 5.73 Å². The largest absolute Gasteiger partial charge is 0.491 e. The Hall–Kier alpha value is -2.84. The van der Waals surface area contributed by atoms with Crippen LogP contribution in [0.4, 0.5) is 14.9 Å². The highest BCUT2D eigenvalue weighted by atomic mass is 35.5. The molecule has 1 fully saturated rings. The number of nitrogens with two attached hydrogens (primary N) is 1. The maximum absolute atomic E-state index is 13.4. The van der Waals surface area contributed by atoms with Gasteiger partial charge >= 0.3 is 6.03 Å². The minimum atomic E-state index is -0.739. The van der Waals surface area contributed by atoms with Gasteiger partial charge in [-0.2, -0.15) is 0 Å². The number of anilines is 1. The third-order valence-electron chi connectivity index (χ3n) is 4.83. The highest BCUT2D eigenvalue weighted by molar-refractivity contribution is 6.31. The maximum Gasteiger partial charge on any atom is 0.316 e. The van der Waals surface area contributed by atoms with E-state index in [2.05, 4.69) is 5.32 Å². The van der Waals surface area contributed by atoms with Crippen LogP contribution < -0.4 is 15.8 Å². The molecular formula is C22H25ClFN3O4. The molecule has 0 radical (unpaired) electrons. The van der Waals surface area contributed by atoms with E-state index < -0.39 is 6.03 Å². The Bertz CT molecular complexity index is 927. The topological polar surface area (TPSA) is 93.9 Å². The van der Waals surface area contributed by atoms with Crippen molar-refractivity contribution in [3.63, 3.8) is 0 Å². The number of nitrogens with zero attached hydrogens (tertiary/aromatic N) is 1. The Morgan fingerprint density at radius 1 is 1.29 bits per heavy atom. The van der Waals surface area contributed by atoms with Gasteiger partial charge in [-0.25, -0.2) is 9.18 Å². The lowest BCUT2D eigenvalue weighted by atomic mass is 10.1. The van der Waals surface area contributed by atoms with Crippen molar-refractivity contribution in [3.05, 3.63) is 58.9 Å². The third-order valence-corrected chi connectivity index (χ3v) is 5.06. The van der Waals surface area contributed by atoms with Crippen LogP contribution in [0, 0.1) is 5.82 Å². The second kappa shape index (κ2) is 11.0. The van der Waals surface area contributed by atoms with E-state index in [1.165, 1.54) is 18.2 Å². The van der Waals surface area contributed by atoms with Crippen LogP contribution in [0.3, 0.4) is 0 Å². The van der Waals surface area contributed by atoms with Crippen LogP contribution in [0.1, 0.15) is 18.4 Å². The molecule has 3 rings (SSSR count). The van der Waals surface area contributed by atoms with E-state index in [0.29, 0.717) is 42.6 Å². The van der Waals surface area contributed by atoms with Crippen LogP contribution in [-0.4, -0.2) is 49.2 Å². The number of rotatable bonds is 7. The summed E-state index contributed by atoms with van der Waals surface area (Å²) in [5, 5.41) is 2.87. The first-order valence-electron chi connectivity index (χ1n) is 10.0. The lowest BCUT2D eigenvalue weighted by Crippen LogP contribution is -2.38. The number of benzene rings is 2. The zero-order valence-electron chi connectivity index (χ0n) is 17.0. The number of urea groups is 1. The van der Waals surface area contributed by atoms with Crippen molar-refractivity contribution in [3.8, 4) is 5.75 Å². The lowest BCUT2D eigenvalue weighted by molar-refractivity contribution is -0.132. The smallest absolute Gasteiger partial charge is 0.316 e. The van der Waals surface area contributed by atoms with Gasteiger partial charge in [0.25, 0.3) is 0 Å². The third kappa shape index (κ3) is 7.11. The number of carbonyl (C=O) groups is 2. The van der Waals surface area contributed by atoms with Gasteiger partial charge in [0, 0.05) is 31.1 Å². The summed E-state index contributed by atoms with van der Waals surface area (Å²) in [4.78, 5) is 25.6. The molecule has 1 atom stereocenters. The summed E-state index contributed by atoms with van der Waals surface area (Å²) < 4.78 is 25.0. The first kappa shape index (κ1) is 22.8. The average Bonchev–Trinajstić information content (AvgIpc) is 2.95. The molecule has 1 aliphatic heterocycles. The summed E-state index contributed by atoms with van der Waals surface area (Å²) in [6.07, 6.45) is 1.23. The summed E-state index contributed by atoms with van der Waals surface area (Å²) >= 11 is 5.94. The first-order valence-corrected chi connectivity index (χ1v) is 10.4. The fourth-order valence-corrected chi connectivity index (χ4v) is 3.61. The van der Waals surface area contributed by atoms with Crippen LogP contribution in [0.2, 0.25) is 5.02 Å². The van der Waals surface area contributed by atoms with Crippen molar-refractivity contribution in [2.45, 2.75) is 25.4 Å². The number of carbonyl (C=O) groups excluding carboxylic acids is 2.